The van der Waals surface area contributed by atoms with Gasteiger partial charge in [0.2, 0.25) is 0 Å². The molecule has 0 aliphatic heterocycles. The Morgan fingerprint density at radius 3 is 2.29 bits per heavy atom. The second-order valence-electron chi connectivity index (χ2n) is 14.5. The summed E-state index contributed by atoms with van der Waals surface area (Å²) in [5.41, 5.74) is 1.66. The van der Waals surface area contributed by atoms with Crippen molar-refractivity contribution in [2.24, 2.45) is 61.8 Å². The van der Waals surface area contributed by atoms with Gasteiger partial charge < -0.3 is 10.3 Å². The highest BCUT2D eigenvalue weighted by Crippen LogP contribution is 2.77. The lowest BCUT2D eigenvalue weighted by molar-refractivity contribution is -0.230. The second kappa shape index (κ2) is 7.43. The van der Waals surface area contributed by atoms with Gasteiger partial charge in [0.25, 0.3) is 0 Å². The second-order valence-corrected chi connectivity index (χ2v) is 14.5. The SMILES string of the molecule is C=C(C)[C@@H]1CC[C@]2(CO)CC[C@]3(C)[C@H](CC[C@@H]4[C@@]5(C)C/C(=N\O)C(=O)C(C)(C)[C@@H]5CC[C@]43C)[C@@H]12. The molecule has 4 heteroatoms. The Labute approximate surface area is 206 Å². The average molecular weight is 470 g/mol. The number of allylic oxidation sites excluding steroid dienone is 1. The Morgan fingerprint density at radius 1 is 0.971 bits per heavy atom. The van der Waals surface area contributed by atoms with E-state index < -0.39 is 5.41 Å². The third-order valence-electron chi connectivity index (χ3n) is 13.2. The summed E-state index contributed by atoms with van der Waals surface area (Å²) in [7, 11) is 0. The average Bonchev–Trinajstić information content (AvgIpc) is 3.17. The number of nitrogens with zero attached hydrogens (tertiary/aromatic N) is 1. The highest BCUT2D eigenvalue weighted by atomic mass is 16.4. The Morgan fingerprint density at radius 2 is 1.68 bits per heavy atom. The number of rotatable bonds is 2. The van der Waals surface area contributed by atoms with Gasteiger partial charge in [-0.15, -0.1) is 0 Å². The lowest BCUT2D eigenvalue weighted by atomic mass is 9.32. The molecule has 0 unspecified atom stereocenters. The van der Waals surface area contributed by atoms with E-state index in [1.807, 2.05) is 0 Å². The molecule has 4 nitrogen and oxygen atoms in total. The van der Waals surface area contributed by atoms with Crippen LogP contribution in [0.15, 0.2) is 17.3 Å². The van der Waals surface area contributed by atoms with E-state index in [4.69, 9.17) is 0 Å². The van der Waals surface area contributed by atoms with E-state index in [9.17, 15) is 15.1 Å². The van der Waals surface area contributed by atoms with Crippen LogP contribution in [-0.2, 0) is 4.79 Å². The van der Waals surface area contributed by atoms with E-state index in [1.54, 1.807) is 0 Å². The summed E-state index contributed by atoms with van der Waals surface area (Å²) in [6.07, 6.45) is 9.87. The maximum atomic E-state index is 13.2. The molecule has 2 N–H and O–H groups in total. The fraction of sp³-hybridized carbons (Fsp3) is 0.867. The van der Waals surface area contributed by atoms with Gasteiger partial charge in [-0.05, 0) is 110 Å². The standard InChI is InChI=1S/C30H47NO3/c1-18(2)19-10-13-30(17-32)15-14-28(6)20(24(19)30)8-9-23-27(5)16-21(31-34)25(33)26(3,4)22(27)11-12-29(23,28)7/h19-20,22-24,32,34H,1,8-17H2,2-7H3/b31-21+/t19-,20+,22-,23+,24+,27-,28+,29+,30+/m0/s1. The first-order valence-corrected chi connectivity index (χ1v) is 13.8. The minimum Gasteiger partial charge on any atom is -0.411 e. The number of fused-ring (bicyclic) bond motifs is 7. The molecule has 0 aromatic rings. The molecule has 0 aromatic carbocycles. The van der Waals surface area contributed by atoms with Crippen molar-refractivity contribution in [3.05, 3.63) is 12.2 Å². The molecule has 0 amide bonds. The lowest BCUT2D eigenvalue weighted by Crippen LogP contribution is -2.67. The third kappa shape index (κ3) is 2.75. The van der Waals surface area contributed by atoms with E-state index >= 15 is 0 Å². The first-order chi connectivity index (χ1) is 15.8. The zero-order chi connectivity index (χ0) is 24.9. The Kier molecular flexibility index (Phi) is 5.36. The van der Waals surface area contributed by atoms with Crippen LogP contribution in [-0.4, -0.2) is 28.4 Å². The monoisotopic (exact) mass is 469 g/mol. The van der Waals surface area contributed by atoms with Gasteiger partial charge >= 0.3 is 0 Å². The van der Waals surface area contributed by atoms with Crippen LogP contribution in [0.1, 0.15) is 99.3 Å². The van der Waals surface area contributed by atoms with Crippen LogP contribution in [0.4, 0.5) is 0 Å². The minimum absolute atomic E-state index is 0.0328. The number of hydrogen-bond acceptors (Lipinski definition) is 4. The van der Waals surface area contributed by atoms with Crippen molar-refractivity contribution in [2.75, 3.05) is 6.61 Å². The molecule has 5 saturated carbocycles. The van der Waals surface area contributed by atoms with Crippen molar-refractivity contribution < 1.29 is 15.1 Å². The van der Waals surface area contributed by atoms with Gasteiger partial charge in [-0.2, -0.15) is 0 Å². The Bertz CT molecular complexity index is 937. The summed E-state index contributed by atoms with van der Waals surface area (Å²) in [5.74, 6) is 2.56. The largest absolute Gasteiger partial charge is 0.411 e. The molecule has 0 saturated heterocycles. The summed E-state index contributed by atoms with van der Waals surface area (Å²) in [5, 5.41) is 24.0. The molecular weight excluding hydrogens is 422 g/mol. The fourth-order valence-electron chi connectivity index (χ4n) is 11.4. The smallest absolute Gasteiger partial charge is 0.186 e. The molecule has 5 fully saturated rings. The predicted molar refractivity (Wildman–Crippen MR) is 136 cm³/mol. The van der Waals surface area contributed by atoms with Gasteiger partial charge in [0.15, 0.2) is 5.78 Å². The molecule has 5 aliphatic carbocycles. The summed E-state index contributed by atoms with van der Waals surface area (Å²) in [4.78, 5) is 13.2. The maximum absolute atomic E-state index is 13.2. The first kappa shape index (κ1) is 24.5. The lowest BCUT2D eigenvalue weighted by Gasteiger charge is -2.72. The molecule has 0 spiro atoms. The van der Waals surface area contributed by atoms with E-state index in [-0.39, 0.29) is 27.4 Å². The van der Waals surface area contributed by atoms with Gasteiger partial charge in [-0.3, -0.25) is 4.79 Å². The zero-order valence-electron chi connectivity index (χ0n) is 22.4. The number of ketones is 1. The van der Waals surface area contributed by atoms with Gasteiger partial charge in [0, 0.05) is 18.4 Å². The molecule has 0 heterocycles. The van der Waals surface area contributed by atoms with Crippen molar-refractivity contribution in [1.82, 2.24) is 0 Å². The van der Waals surface area contributed by atoms with E-state index in [2.05, 4.69) is 53.3 Å². The van der Waals surface area contributed by atoms with Gasteiger partial charge in [-0.25, -0.2) is 0 Å². The van der Waals surface area contributed by atoms with Crippen LogP contribution in [0.5, 0.6) is 0 Å². The van der Waals surface area contributed by atoms with Gasteiger partial charge in [0.1, 0.15) is 5.71 Å². The van der Waals surface area contributed by atoms with Gasteiger partial charge in [0.05, 0.1) is 0 Å². The topological polar surface area (TPSA) is 69.9 Å². The van der Waals surface area contributed by atoms with Crippen molar-refractivity contribution in [2.45, 2.75) is 99.3 Å². The molecule has 5 aliphatic rings. The van der Waals surface area contributed by atoms with Crippen LogP contribution < -0.4 is 0 Å². The number of carbonyl (C=O) groups is 1. The van der Waals surface area contributed by atoms with E-state index in [1.165, 1.54) is 37.7 Å². The minimum atomic E-state index is -0.483. The van der Waals surface area contributed by atoms with E-state index in [0.717, 1.165) is 19.3 Å². The van der Waals surface area contributed by atoms with Crippen LogP contribution in [0.2, 0.25) is 0 Å². The van der Waals surface area contributed by atoms with Crippen LogP contribution in [0.3, 0.4) is 0 Å². The number of oxime groups is 1. The van der Waals surface area contributed by atoms with Crippen molar-refractivity contribution in [3.63, 3.8) is 0 Å². The van der Waals surface area contributed by atoms with Crippen LogP contribution in [0, 0.1) is 56.7 Å². The predicted octanol–water partition coefficient (Wildman–Crippen LogP) is 6.65. The maximum Gasteiger partial charge on any atom is 0.186 e. The molecule has 0 bridgehead atoms. The quantitative estimate of drug-likeness (QED) is 0.270. The summed E-state index contributed by atoms with van der Waals surface area (Å²) in [6.45, 7) is 18.7. The van der Waals surface area contributed by atoms with Crippen molar-refractivity contribution >= 4 is 11.5 Å². The highest BCUT2D eigenvalue weighted by Gasteiger charge is 2.71. The molecule has 5 rings (SSSR count). The highest BCUT2D eigenvalue weighted by molar-refractivity contribution is 6.42. The molecule has 9 atom stereocenters. The molecule has 190 valence electrons. The Hall–Kier alpha value is -1.16. The molecule has 0 aromatic heterocycles. The number of carbonyl (C=O) groups excluding carboxylic acids is 1. The van der Waals surface area contributed by atoms with E-state index in [0.29, 0.717) is 48.3 Å². The first-order valence-electron chi connectivity index (χ1n) is 13.8. The summed E-state index contributed by atoms with van der Waals surface area (Å²) in [6, 6.07) is 0. The summed E-state index contributed by atoms with van der Waals surface area (Å²) < 4.78 is 0. The van der Waals surface area contributed by atoms with Gasteiger partial charge in [-0.1, -0.05) is 51.9 Å². The van der Waals surface area contributed by atoms with Crippen LogP contribution >= 0.6 is 0 Å². The third-order valence-corrected chi connectivity index (χ3v) is 13.2. The molecule has 34 heavy (non-hydrogen) atoms. The normalized spacial score (nSPS) is 53.0. The molecular formula is C30H47NO3. The number of aliphatic hydroxyl groups is 1. The van der Waals surface area contributed by atoms with Crippen molar-refractivity contribution in [3.8, 4) is 0 Å². The van der Waals surface area contributed by atoms with Crippen LogP contribution in [0.25, 0.3) is 0 Å². The fourth-order valence-corrected chi connectivity index (χ4v) is 11.4. The Balaban J connectivity index is 1.58. The summed E-state index contributed by atoms with van der Waals surface area (Å²) >= 11 is 0. The van der Waals surface area contributed by atoms with Crippen molar-refractivity contribution in [1.29, 1.82) is 0 Å². The number of Topliss-reactive ketones (excluding diaryl/α,β-unsaturated/α-hetero) is 1. The number of hydrogen-bond donors (Lipinski definition) is 2. The molecule has 0 radical (unpaired) electrons. The number of aliphatic hydroxyl groups excluding tert-OH is 1. The zero-order valence-corrected chi connectivity index (χ0v) is 22.4.